The van der Waals surface area contributed by atoms with Crippen LogP contribution in [-0.2, 0) is 19.7 Å². The topological polar surface area (TPSA) is 110 Å². The molecule has 0 atom stereocenters. The number of carbonyl (C=O) groups is 3. The summed E-state index contributed by atoms with van der Waals surface area (Å²) in [6.07, 6.45) is 1.31. The Morgan fingerprint density at radius 2 is 1.49 bits per heavy atom. The van der Waals surface area contributed by atoms with E-state index in [-0.39, 0.29) is 25.2 Å². The monoisotopic (exact) mass is 646 g/mol. The fraction of sp³-hybridized carbons (Fsp3) is 0.115. The summed E-state index contributed by atoms with van der Waals surface area (Å²) in [5, 5.41) is 2.19. The number of barbiturate groups is 1. The van der Waals surface area contributed by atoms with E-state index in [0.29, 0.717) is 11.3 Å². The molecule has 8 nitrogen and oxygen atoms in total. The van der Waals surface area contributed by atoms with E-state index in [0.717, 1.165) is 21.6 Å². The fourth-order valence-corrected chi connectivity index (χ4v) is 6.09. The Bertz CT molecular complexity index is 1570. The quantitative estimate of drug-likeness (QED) is 0.220. The van der Waals surface area contributed by atoms with Crippen molar-refractivity contribution in [2.75, 3.05) is 4.90 Å². The van der Waals surface area contributed by atoms with E-state index in [9.17, 15) is 22.8 Å². The molecule has 3 aromatic carbocycles. The highest BCUT2D eigenvalue weighted by Crippen LogP contribution is 2.37. The molecule has 190 valence electrons. The van der Waals surface area contributed by atoms with Crippen LogP contribution in [0.4, 0.5) is 10.5 Å². The van der Waals surface area contributed by atoms with Crippen LogP contribution in [0.15, 0.2) is 74.0 Å². The van der Waals surface area contributed by atoms with E-state index >= 15 is 0 Å². The number of rotatable bonds is 5. The lowest BCUT2D eigenvalue weighted by Crippen LogP contribution is -2.54. The Hall–Kier alpha value is -3.28. The van der Waals surface area contributed by atoms with Gasteiger partial charge in [-0.2, -0.15) is 8.42 Å². The lowest BCUT2D eigenvalue weighted by molar-refractivity contribution is -0.122. The van der Waals surface area contributed by atoms with Crippen LogP contribution in [0.3, 0.4) is 0 Å². The normalized spacial score (nSPS) is 15.2. The van der Waals surface area contributed by atoms with E-state index in [2.05, 4.69) is 37.2 Å². The van der Waals surface area contributed by atoms with Crippen LogP contribution in [-0.4, -0.2) is 26.3 Å². The van der Waals surface area contributed by atoms with Crippen molar-refractivity contribution in [3.05, 3.63) is 91.4 Å². The van der Waals surface area contributed by atoms with Crippen LogP contribution in [0.5, 0.6) is 5.75 Å². The third-order valence-electron chi connectivity index (χ3n) is 5.68. The van der Waals surface area contributed by atoms with E-state index in [1.54, 1.807) is 30.3 Å². The second kappa shape index (κ2) is 10.2. The van der Waals surface area contributed by atoms with Crippen molar-refractivity contribution in [2.45, 2.75) is 25.7 Å². The molecule has 0 radical (unpaired) electrons. The third kappa shape index (κ3) is 5.53. The second-order valence-electron chi connectivity index (χ2n) is 8.39. The first-order chi connectivity index (χ1) is 17.4. The Labute approximate surface area is 230 Å². The molecule has 0 aliphatic carbocycles. The predicted molar refractivity (Wildman–Crippen MR) is 146 cm³/mol. The van der Waals surface area contributed by atoms with Crippen molar-refractivity contribution in [3.63, 3.8) is 0 Å². The van der Waals surface area contributed by atoms with Crippen molar-refractivity contribution in [2.24, 2.45) is 0 Å². The van der Waals surface area contributed by atoms with Gasteiger partial charge in [0.05, 0.1) is 14.6 Å². The summed E-state index contributed by atoms with van der Waals surface area (Å²) in [4.78, 5) is 39.1. The molecule has 4 amide bonds. The first-order valence-corrected chi connectivity index (χ1v) is 13.9. The first-order valence-electron chi connectivity index (χ1n) is 10.9. The molecule has 0 spiro atoms. The Morgan fingerprint density at radius 1 is 0.865 bits per heavy atom. The molecule has 3 aromatic rings. The van der Waals surface area contributed by atoms with Gasteiger partial charge in [0.1, 0.15) is 10.5 Å². The number of aryl methyl sites for hydroxylation is 3. The molecule has 1 fully saturated rings. The number of amides is 4. The number of hydrogen-bond acceptors (Lipinski definition) is 6. The standard InChI is InChI=1S/C26H20Br2N2O6S/c1-14-4-8-19(9-5-14)37(34,35)36-23-21(27)12-17(13-22(23)28)11-20-24(31)29-26(33)30(25(20)32)18-7-6-15(2)16(3)10-18/h4-13H,1-3H3,(H,29,31,33)/b20-11+. The molecule has 37 heavy (non-hydrogen) atoms. The van der Waals surface area contributed by atoms with Crippen molar-refractivity contribution in [3.8, 4) is 5.75 Å². The third-order valence-corrected chi connectivity index (χ3v) is 8.10. The van der Waals surface area contributed by atoms with E-state index in [1.165, 1.54) is 30.3 Å². The average molecular weight is 648 g/mol. The van der Waals surface area contributed by atoms with Gasteiger partial charge in [-0.3, -0.25) is 14.9 Å². The van der Waals surface area contributed by atoms with Crippen molar-refractivity contribution in [1.82, 2.24) is 5.32 Å². The van der Waals surface area contributed by atoms with Gasteiger partial charge in [0.25, 0.3) is 11.8 Å². The van der Waals surface area contributed by atoms with E-state index in [1.807, 2.05) is 20.8 Å². The van der Waals surface area contributed by atoms with Gasteiger partial charge in [0.2, 0.25) is 0 Å². The zero-order valence-corrected chi connectivity index (χ0v) is 23.8. The average Bonchev–Trinajstić information content (AvgIpc) is 2.81. The van der Waals surface area contributed by atoms with Crippen LogP contribution >= 0.6 is 31.9 Å². The summed E-state index contributed by atoms with van der Waals surface area (Å²) in [5.41, 5.74) is 3.21. The maximum atomic E-state index is 13.2. The minimum absolute atomic E-state index is 0.00548. The van der Waals surface area contributed by atoms with Crippen molar-refractivity contribution >= 4 is 71.6 Å². The summed E-state index contributed by atoms with van der Waals surface area (Å²) in [5.74, 6) is -1.63. The van der Waals surface area contributed by atoms with E-state index < -0.39 is 28.0 Å². The highest BCUT2D eigenvalue weighted by atomic mass is 79.9. The van der Waals surface area contributed by atoms with Gasteiger partial charge >= 0.3 is 16.1 Å². The molecule has 0 bridgehead atoms. The lowest BCUT2D eigenvalue weighted by atomic mass is 10.1. The van der Waals surface area contributed by atoms with Gasteiger partial charge in [-0.1, -0.05) is 23.8 Å². The van der Waals surface area contributed by atoms with Crippen molar-refractivity contribution in [1.29, 1.82) is 0 Å². The maximum absolute atomic E-state index is 13.2. The zero-order valence-electron chi connectivity index (χ0n) is 19.8. The molecule has 1 N–H and O–H groups in total. The van der Waals surface area contributed by atoms with Gasteiger partial charge in [-0.25, -0.2) is 9.69 Å². The summed E-state index contributed by atoms with van der Waals surface area (Å²) in [6, 6.07) is 13.5. The largest absolute Gasteiger partial charge is 0.377 e. The number of benzene rings is 3. The molecule has 4 rings (SSSR count). The van der Waals surface area contributed by atoms with Gasteiger partial charge in [0.15, 0.2) is 5.75 Å². The van der Waals surface area contributed by atoms with Crippen LogP contribution < -0.4 is 14.4 Å². The molecule has 1 saturated heterocycles. The van der Waals surface area contributed by atoms with Gasteiger partial charge in [-0.05, 0) is 112 Å². The van der Waals surface area contributed by atoms with Gasteiger partial charge in [-0.15, -0.1) is 0 Å². The Kier molecular flexibility index (Phi) is 7.40. The molecular formula is C26H20Br2N2O6S. The number of anilines is 1. The summed E-state index contributed by atoms with van der Waals surface area (Å²) in [6.45, 7) is 5.60. The number of nitrogens with zero attached hydrogens (tertiary/aromatic N) is 1. The number of hydrogen-bond donors (Lipinski definition) is 1. The van der Waals surface area contributed by atoms with Crippen LogP contribution in [0, 0.1) is 20.8 Å². The minimum atomic E-state index is -4.12. The molecule has 1 aliphatic heterocycles. The lowest BCUT2D eigenvalue weighted by Gasteiger charge is -2.27. The summed E-state index contributed by atoms with van der Waals surface area (Å²) < 4.78 is 31.3. The molecule has 11 heteroatoms. The van der Waals surface area contributed by atoms with Gasteiger partial charge in [0, 0.05) is 0 Å². The SMILES string of the molecule is Cc1ccc(S(=O)(=O)Oc2c(Br)cc(/C=C3\C(=O)NC(=O)N(c4ccc(C)c(C)c4)C3=O)cc2Br)cc1. The second-order valence-corrected chi connectivity index (χ2v) is 11.6. The van der Waals surface area contributed by atoms with Crippen LogP contribution in [0.25, 0.3) is 6.08 Å². The smallest absolute Gasteiger partial charge is 0.339 e. The van der Waals surface area contributed by atoms with Crippen LogP contribution in [0.1, 0.15) is 22.3 Å². The minimum Gasteiger partial charge on any atom is -0.377 e. The summed E-state index contributed by atoms with van der Waals surface area (Å²) >= 11 is 6.61. The first kappa shape index (κ1) is 26.8. The zero-order chi connectivity index (χ0) is 27.1. The molecular weight excluding hydrogens is 628 g/mol. The molecule has 0 saturated carbocycles. The fourth-order valence-electron chi connectivity index (χ4n) is 3.53. The van der Waals surface area contributed by atoms with E-state index in [4.69, 9.17) is 4.18 Å². The highest BCUT2D eigenvalue weighted by molar-refractivity contribution is 9.11. The molecule has 1 aliphatic rings. The Balaban J connectivity index is 1.67. The Morgan fingerprint density at radius 3 is 2.08 bits per heavy atom. The predicted octanol–water partition coefficient (Wildman–Crippen LogP) is 5.57. The van der Waals surface area contributed by atoms with Gasteiger partial charge < -0.3 is 4.18 Å². The van der Waals surface area contributed by atoms with Crippen LogP contribution in [0.2, 0.25) is 0 Å². The number of urea groups is 1. The number of imide groups is 2. The molecule has 0 unspecified atom stereocenters. The number of halogens is 2. The maximum Gasteiger partial charge on any atom is 0.339 e. The molecule has 0 aromatic heterocycles. The number of nitrogens with one attached hydrogen (secondary N) is 1. The summed E-state index contributed by atoms with van der Waals surface area (Å²) in [7, 11) is -4.12. The number of carbonyl (C=O) groups excluding carboxylic acids is 3. The van der Waals surface area contributed by atoms with Crippen molar-refractivity contribution < 1.29 is 27.0 Å². The highest BCUT2D eigenvalue weighted by Gasteiger charge is 2.37. The molecule has 1 heterocycles.